The molecule has 120 valence electrons. The van der Waals surface area contributed by atoms with Crippen molar-refractivity contribution in [2.45, 2.75) is 19.8 Å². The van der Waals surface area contributed by atoms with Crippen molar-refractivity contribution in [1.29, 1.82) is 0 Å². The van der Waals surface area contributed by atoms with Gasteiger partial charge >= 0.3 is 0 Å². The monoisotopic (exact) mass is 335 g/mol. The first kappa shape index (κ1) is 14.8. The Morgan fingerprint density at radius 2 is 2.04 bits per heavy atom. The van der Waals surface area contributed by atoms with Crippen LogP contribution in [0.4, 0.5) is 10.9 Å². The third kappa shape index (κ3) is 2.88. The van der Waals surface area contributed by atoms with Crippen molar-refractivity contribution in [1.82, 2.24) is 20.2 Å². The van der Waals surface area contributed by atoms with E-state index in [1.165, 1.54) is 5.56 Å². The van der Waals surface area contributed by atoms with Crippen LogP contribution >= 0.6 is 11.3 Å². The number of benzene rings is 1. The van der Waals surface area contributed by atoms with Crippen LogP contribution in [0.3, 0.4) is 0 Å². The highest BCUT2D eigenvalue weighted by atomic mass is 32.1. The average molecular weight is 335 g/mol. The second-order valence-corrected chi connectivity index (χ2v) is 6.97. The quantitative estimate of drug-likeness (QED) is 0.554. The lowest BCUT2D eigenvalue weighted by atomic mass is 10.1. The third-order valence-corrected chi connectivity index (χ3v) is 4.84. The summed E-state index contributed by atoms with van der Waals surface area (Å²) in [4.78, 5) is 9.04. The smallest absolute Gasteiger partial charge is 0.189 e. The summed E-state index contributed by atoms with van der Waals surface area (Å²) in [7, 11) is 0. The van der Waals surface area contributed by atoms with Gasteiger partial charge in [-0.2, -0.15) is 5.10 Å². The van der Waals surface area contributed by atoms with Gasteiger partial charge in [0.1, 0.15) is 5.82 Å². The fourth-order valence-corrected chi connectivity index (χ4v) is 3.46. The van der Waals surface area contributed by atoms with Gasteiger partial charge < -0.3 is 5.32 Å². The molecule has 1 aromatic carbocycles. The summed E-state index contributed by atoms with van der Waals surface area (Å²) in [6.07, 6.45) is 5.55. The molecule has 0 bridgehead atoms. The van der Waals surface area contributed by atoms with Gasteiger partial charge in [-0.25, -0.2) is 9.97 Å². The molecular weight excluding hydrogens is 318 g/mol. The standard InChI is InChI=1S/C18H17N5S/c1-11(2)12-5-6-19-17(8-12)23-18-22-15-4-3-13(7-16(15)24-18)14-9-20-21-10-14/h3-11H,1-2H3,(H,20,21)(H,19,22,23). The Labute approximate surface area is 143 Å². The molecule has 0 atom stereocenters. The first-order valence-electron chi connectivity index (χ1n) is 7.82. The minimum Gasteiger partial charge on any atom is -0.316 e. The van der Waals surface area contributed by atoms with Gasteiger partial charge in [0.15, 0.2) is 5.13 Å². The van der Waals surface area contributed by atoms with E-state index < -0.39 is 0 Å². The molecule has 6 heteroatoms. The second-order valence-electron chi connectivity index (χ2n) is 5.94. The van der Waals surface area contributed by atoms with Crippen LogP contribution in [0.1, 0.15) is 25.3 Å². The topological polar surface area (TPSA) is 66.5 Å². The van der Waals surface area contributed by atoms with Crippen LogP contribution in [0.15, 0.2) is 48.9 Å². The number of pyridine rings is 1. The molecule has 0 aliphatic rings. The summed E-state index contributed by atoms with van der Waals surface area (Å²) in [6.45, 7) is 4.35. The number of nitrogens with zero attached hydrogens (tertiary/aromatic N) is 3. The fourth-order valence-electron chi connectivity index (χ4n) is 2.55. The summed E-state index contributed by atoms with van der Waals surface area (Å²) in [5.41, 5.74) is 4.45. The van der Waals surface area contributed by atoms with Crippen LogP contribution in [0.25, 0.3) is 21.3 Å². The van der Waals surface area contributed by atoms with E-state index >= 15 is 0 Å². The number of H-pyrrole nitrogens is 1. The van der Waals surface area contributed by atoms with E-state index in [0.29, 0.717) is 5.92 Å². The van der Waals surface area contributed by atoms with Crippen LogP contribution in [-0.4, -0.2) is 20.2 Å². The maximum atomic E-state index is 4.65. The van der Waals surface area contributed by atoms with E-state index in [9.17, 15) is 0 Å². The highest BCUT2D eigenvalue weighted by molar-refractivity contribution is 7.22. The zero-order chi connectivity index (χ0) is 16.5. The molecule has 24 heavy (non-hydrogen) atoms. The van der Waals surface area contributed by atoms with Crippen molar-refractivity contribution in [3.8, 4) is 11.1 Å². The Morgan fingerprint density at radius 1 is 1.12 bits per heavy atom. The first-order chi connectivity index (χ1) is 11.7. The zero-order valence-electron chi connectivity index (χ0n) is 13.4. The van der Waals surface area contributed by atoms with E-state index in [4.69, 9.17) is 0 Å². The van der Waals surface area contributed by atoms with Gasteiger partial charge in [-0.05, 0) is 41.3 Å². The van der Waals surface area contributed by atoms with Gasteiger partial charge in [0.2, 0.25) is 0 Å². The Morgan fingerprint density at radius 3 is 2.83 bits per heavy atom. The summed E-state index contributed by atoms with van der Waals surface area (Å²) >= 11 is 1.62. The molecule has 4 aromatic rings. The lowest BCUT2D eigenvalue weighted by Gasteiger charge is -2.07. The van der Waals surface area contributed by atoms with E-state index in [0.717, 1.165) is 32.3 Å². The molecule has 0 saturated carbocycles. The second kappa shape index (κ2) is 6.05. The van der Waals surface area contributed by atoms with Crippen molar-refractivity contribution in [2.75, 3.05) is 5.32 Å². The minimum atomic E-state index is 0.474. The number of aromatic nitrogens is 4. The molecule has 4 rings (SSSR count). The third-order valence-electron chi connectivity index (χ3n) is 3.91. The van der Waals surface area contributed by atoms with Crippen LogP contribution < -0.4 is 5.32 Å². The first-order valence-corrected chi connectivity index (χ1v) is 8.63. The van der Waals surface area contributed by atoms with Crippen molar-refractivity contribution < 1.29 is 0 Å². The average Bonchev–Trinajstić information content (AvgIpc) is 3.23. The highest BCUT2D eigenvalue weighted by Gasteiger charge is 2.08. The maximum Gasteiger partial charge on any atom is 0.189 e. The molecule has 0 radical (unpaired) electrons. The summed E-state index contributed by atoms with van der Waals surface area (Å²) in [5.74, 6) is 1.30. The summed E-state index contributed by atoms with van der Waals surface area (Å²) in [5, 5.41) is 11.0. The van der Waals surface area contributed by atoms with Crippen molar-refractivity contribution in [2.24, 2.45) is 0 Å². The molecule has 2 N–H and O–H groups in total. The molecule has 0 aliphatic heterocycles. The van der Waals surface area contributed by atoms with Crippen molar-refractivity contribution in [3.63, 3.8) is 0 Å². The molecule has 0 amide bonds. The number of hydrogen-bond acceptors (Lipinski definition) is 5. The van der Waals surface area contributed by atoms with Gasteiger partial charge in [0, 0.05) is 18.0 Å². The van der Waals surface area contributed by atoms with Crippen molar-refractivity contribution >= 4 is 32.5 Å². The number of hydrogen-bond donors (Lipinski definition) is 2. The predicted octanol–water partition coefficient (Wildman–Crippen LogP) is 4.95. The van der Waals surface area contributed by atoms with Crippen LogP contribution in [-0.2, 0) is 0 Å². The molecule has 3 aromatic heterocycles. The number of thiazole rings is 1. The zero-order valence-corrected chi connectivity index (χ0v) is 14.3. The van der Waals surface area contributed by atoms with Gasteiger partial charge in [-0.15, -0.1) is 0 Å². The molecule has 0 saturated heterocycles. The number of rotatable bonds is 4. The number of fused-ring (bicyclic) bond motifs is 1. The Kier molecular flexibility index (Phi) is 3.74. The Bertz CT molecular complexity index is 972. The largest absolute Gasteiger partial charge is 0.316 e. The number of nitrogens with one attached hydrogen (secondary N) is 2. The highest BCUT2D eigenvalue weighted by Crippen LogP contribution is 2.31. The number of aromatic amines is 1. The fraction of sp³-hybridized carbons (Fsp3) is 0.167. The van der Waals surface area contributed by atoms with Gasteiger partial charge in [-0.1, -0.05) is 31.3 Å². The Balaban J connectivity index is 1.64. The molecule has 0 fully saturated rings. The normalized spacial score (nSPS) is 11.3. The molecule has 5 nitrogen and oxygen atoms in total. The van der Waals surface area contributed by atoms with Crippen molar-refractivity contribution in [3.05, 3.63) is 54.5 Å². The van der Waals surface area contributed by atoms with E-state index in [1.807, 2.05) is 30.7 Å². The predicted molar refractivity (Wildman–Crippen MR) is 98.8 cm³/mol. The number of anilines is 2. The summed E-state index contributed by atoms with van der Waals surface area (Å²) < 4.78 is 1.14. The lowest BCUT2D eigenvalue weighted by Crippen LogP contribution is -1.95. The van der Waals surface area contributed by atoms with Crippen LogP contribution in [0, 0.1) is 0 Å². The minimum absolute atomic E-state index is 0.474. The molecule has 0 unspecified atom stereocenters. The maximum absolute atomic E-state index is 4.65. The molecule has 0 spiro atoms. The molecule has 3 heterocycles. The van der Waals surface area contributed by atoms with Crippen LogP contribution in [0.5, 0.6) is 0 Å². The van der Waals surface area contributed by atoms with E-state index in [2.05, 4.69) is 57.5 Å². The van der Waals surface area contributed by atoms with Crippen LogP contribution in [0.2, 0.25) is 0 Å². The van der Waals surface area contributed by atoms with E-state index in [1.54, 1.807) is 11.3 Å². The lowest BCUT2D eigenvalue weighted by molar-refractivity contribution is 0.864. The molecule has 0 aliphatic carbocycles. The summed E-state index contributed by atoms with van der Waals surface area (Å²) in [6, 6.07) is 10.4. The van der Waals surface area contributed by atoms with E-state index in [-0.39, 0.29) is 0 Å². The molecular formula is C18H17N5S. The van der Waals surface area contributed by atoms with Gasteiger partial charge in [0.05, 0.1) is 16.4 Å². The Hall–Kier alpha value is -2.73. The van der Waals surface area contributed by atoms with Gasteiger partial charge in [0.25, 0.3) is 0 Å². The van der Waals surface area contributed by atoms with Gasteiger partial charge in [-0.3, -0.25) is 5.10 Å². The SMILES string of the molecule is CC(C)c1ccnc(Nc2nc3ccc(-c4cn[nH]c4)cc3s2)c1.